The van der Waals surface area contributed by atoms with Crippen molar-refractivity contribution in [3.05, 3.63) is 65.7 Å². The van der Waals surface area contributed by atoms with Crippen LogP contribution < -0.4 is 0 Å². The number of ether oxygens (including phenoxy) is 4. The molecule has 6 fully saturated rings. The Bertz CT molecular complexity index is 1810. The summed E-state index contributed by atoms with van der Waals surface area (Å²) in [5.41, 5.74) is -0.203. The van der Waals surface area contributed by atoms with Crippen LogP contribution in [0.2, 0.25) is 0 Å². The summed E-state index contributed by atoms with van der Waals surface area (Å²) < 4.78 is 21.8. The zero-order chi connectivity index (χ0) is 47.6. The van der Waals surface area contributed by atoms with Crippen LogP contribution in [0.15, 0.2) is 54.6 Å². The van der Waals surface area contributed by atoms with Gasteiger partial charge in [0.2, 0.25) is 6.10 Å². The summed E-state index contributed by atoms with van der Waals surface area (Å²) >= 11 is 0. The predicted octanol–water partition coefficient (Wildman–Crippen LogP) is 12.1. The van der Waals surface area contributed by atoms with E-state index >= 15 is 0 Å². The third-order valence-electron chi connectivity index (χ3n) is 15.1. The van der Waals surface area contributed by atoms with Crippen molar-refractivity contribution in [3.63, 3.8) is 0 Å². The van der Waals surface area contributed by atoms with E-state index in [4.69, 9.17) is 24.1 Å². The van der Waals surface area contributed by atoms with Gasteiger partial charge in [-0.2, -0.15) is 0 Å². The molecule has 0 radical (unpaired) electrons. The van der Waals surface area contributed by atoms with Crippen LogP contribution >= 0.6 is 0 Å². The number of carbonyl (C=O) groups excluding carboxylic acids is 4. The molecule has 2 aromatic rings. The van der Waals surface area contributed by atoms with Crippen molar-refractivity contribution in [2.24, 2.45) is 28.1 Å². The molecule has 5 saturated carbocycles. The lowest BCUT2D eigenvalue weighted by atomic mass is 9.52. The highest BCUT2D eigenvalue weighted by molar-refractivity contribution is 5.82. The van der Waals surface area contributed by atoms with Gasteiger partial charge in [0, 0.05) is 12.8 Å². The average molecular weight is 891 g/mol. The Hall–Kier alpha value is -3.92. The molecule has 1 heterocycles. The Balaban J connectivity index is 0.000000192. The third-order valence-corrected chi connectivity index (χ3v) is 15.1. The van der Waals surface area contributed by atoms with Gasteiger partial charge in [0.15, 0.2) is 0 Å². The molecule has 1 aliphatic heterocycles. The summed E-state index contributed by atoms with van der Waals surface area (Å²) in [4.78, 5) is 47.5. The van der Waals surface area contributed by atoms with E-state index in [9.17, 15) is 24.3 Å². The molecule has 1 saturated heterocycles. The van der Waals surface area contributed by atoms with Crippen LogP contribution in [0.25, 0.3) is 0 Å². The second-order valence-corrected chi connectivity index (χ2v) is 21.5. The molecule has 5 aliphatic carbocycles. The highest BCUT2D eigenvalue weighted by Crippen LogP contribution is 2.59. The molecular formula is C54H82O10. The van der Waals surface area contributed by atoms with Gasteiger partial charge in [-0.1, -0.05) is 83.5 Å². The van der Waals surface area contributed by atoms with Crippen LogP contribution in [0.3, 0.4) is 0 Å². The molecule has 64 heavy (non-hydrogen) atoms. The highest BCUT2D eigenvalue weighted by Gasteiger charge is 2.59. The second-order valence-electron chi connectivity index (χ2n) is 21.5. The van der Waals surface area contributed by atoms with E-state index in [1.165, 1.54) is 18.4 Å². The number of esters is 4. The second kappa shape index (κ2) is 22.0. The van der Waals surface area contributed by atoms with Crippen LogP contribution in [0.5, 0.6) is 5.75 Å². The van der Waals surface area contributed by atoms with Crippen molar-refractivity contribution in [2.45, 2.75) is 208 Å². The maximum absolute atomic E-state index is 12.5. The quantitative estimate of drug-likeness (QED) is 0.156. The number of hydrogen-bond donors (Lipinski definition) is 2. The topological polar surface area (TPSA) is 146 Å². The van der Waals surface area contributed by atoms with Crippen LogP contribution in [0, 0.1) is 28.1 Å². The van der Waals surface area contributed by atoms with Crippen LogP contribution in [-0.2, 0) is 43.7 Å². The number of cyclic esters (lactones) is 1. The van der Waals surface area contributed by atoms with Crippen molar-refractivity contribution in [2.75, 3.05) is 6.61 Å². The molecule has 4 atom stereocenters. The number of phenolic OH excluding ortho intramolecular Hbond substituents is 1. The summed E-state index contributed by atoms with van der Waals surface area (Å²) in [5, 5.41) is 19.7. The molecule has 8 rings (SSSR count). The molecule has 0 aromatic heterocycles. The van der Waals surface area contributed by atoms with Gasteiger partial charge in [-0.3, -0.25) is 14.4 Å². The maximum Gasteiger partial charge on any atom is 0.347 e. The highest BCUT2D eigenvalue weighted by atomic mass is 16.6. The summed E-state index contributed by atoms with van der Waals surface area (Å²) in [5.74, 6) is 1.15. The van der Waals surface area contributed by atoms with Gasteiger partial charge in [0.05, 0.1) is 28.5 Å². The van der Waals surface area contributed by atoms with Gasteiger partial charge in [-0.05, 0) is 166 Å². The Kier molecular flexibility index (Phi) is 18.2. The lowest BCUT2D eigenvalue weighted by molar-refractivity contribution is -0.225. The summed E-state index contributed by atoms with van der Waals surface area (Å²) in [6.07, 6.45) is 14.3. The maximum atomic E-state index is 12.5. The number of carbonyl (C=O) groups is 4. The third kappa shape index (κ3) is 13.8. The fourth-order valence-corrected chi connectivity index (χ4v) is 9.56. The Morgan fingerprint density at radius 3 is 1.72 bits per heavy atom. The SMILES string of the molecule is CCC(C)(C)C(=O)OC1(c2ccccc2)CCCCC1.CCC(C)(C)C(=O)OC12CC3CC(CC(O)(C3)C1)C2.CCC(C)(C)C(=O)OC1CCOC1=O.CCC(C)c1ccc(O)cc1. The van der Waals surface area contributed by atoms with E-state index in [1.807, 2.05) is 78.8 Å². The number of aliphatic hydroxyl groups is 1. The van der Waals surface area contributed by atoms with E-state index in [0.29, 0.717) is 49.4 Å². The fraction of sp³-hybridized carbons (Fsp3) is 0.704. The first-order chi connectivity index (χ1) is 30.0. The predicted molar refractivity (Wildman–Crippen MR) is 250 cm³/mol. The fourth-order valence-electron chi connectivity index (χ4n) is 9.56. The molecule has 358 valence electrons. The average Bonchev–Trinajstić information content (AvgIpc) is 3.67. The first kappa shape index (κ1) is 52.7. The van der Waals surface area contributed by atoms with E-state index in [-0.39, 0.29) is 23.5 Å². The van der Waals surface area contributed by atoms with Gasteiger partial charge < -0.3 is 29.2 Å². The molecule has 2 aromatic carbocycles. The lowest BCUT2D eigenvalue weighted by Gasteiger charge is -2.59. The normalized spacial score (nSPS) is 26.0. The summed E-state index contributed by atoms with van der Waals surface area (Å²) in [6.45, 7) is 22.1. The largest absolute Gasteiger partial charge is 0.508 e. The van der Waals surface area contributed by atoms with Gasteiger partial charge >= 0.3 is 23.9 Å². The minimum absolute atomic E-state index is 0.0641. The molecule has 10 heteroatoms. The zero-order valence-corrected chi connectivity index (χ0v) is 41.2. The Morgan fingerprint density at radius 2 is 1.25 bits per heavy atom. The summed E-state index contributed by atoms with van der Waals surface area (Å²) in [7, 11) is 0. The van der Waals surface area contributed by atoms with E-state index in [0.717, 1.165) is 76.2 Å². The minimum atomic E-state index is -0.687. The molecule has 2 N–H and O–H groups in total. The van der Waals surface area contributed by atoms with E-state index in [1.54, 1.807) is 26.0 Å². The number of aromatic hydroxyl groups is 1. The van der Waals surface area contributed by atoms with Gasteiger partial charge in [-0.15, -0.1) is 0 Å². The number of benzene rings is 2. The Morgan fingerprint density at radius 1 is 0.734 bits per heavy atom. The van der Waals surface area contributed by atoms with E-state index in [2.05, 4.69) is 26.0 Å². The van der Waals surface area contributed by atoms with Gasteiger partial charge in [0.1, 0.15) is 17.0 Å². The minimum Gasteiger partial charge on any atom is -0.508 e. The first-order valence-corrected chi connectivity index (χ1v) is 24.4. The first-order valence-electron chi connectivity index (χ1n) is 24.4. The molecular weight excluding hydrogens is 809 g/mol. The van der Waals surface area contributed by atoms with Gasteiger partial charge in [0.25, 0.3) is 0 Å². The van der Waals surface area contributed by atoms with Crippen molar-refractivity contribution in [1.82, 2.24) is 0 Å². The number of hydrogen-bond acceptors (Lipinski definition) is 10. The molecule has 10 nitrogen and oxygen atoms in total. The molecule has 0 spiro atoms. The number of rotatable bonds is 12. The van der Waals surface area contributed by atoms with Crippen LogP contribution in [-0.4, -0.2) is 58.0 Å². The van der Waals surface area contributed by atoms with Crippen molar-refractivity contribution >= 4 is 23.9 Å². The lowest BCUT2D eigenvalue weighted by Crippen LogP contribution is -2.61. The van der Waals surface area contributed by atoms with Gasteiger partial charge in [-0.25, -0.2) is 4.79 Å². The summed E-state index contributed by atoms with van der Waals surface area (Å²) in [6, 6.07) is 17.7. The van der Waals surface area contributed by atoms with Crippen molar-refractivity contribution in [1.29, 1.82) is 0 Å². The van der Waals surface area contributed by atoms with Crippen LogP contribution in [0.1, 0.15) is 196 Å². The standard InChI is InChI=1S/C18H26O2.C16H26O3.C10H16O4.C10H14O/c1-4-17(2,3)16(19)20-18(13-9-6-10-14-18)15-11-7-5-8-12-15;1-4-14(2,3)13(17)19-16-8-11-5-12(9-16)7-15(18,6-11)10-16;1-4-10(2,3)9(12)14-7-5-6-13-8(7)11;1-3-8(2)9-4-6-10(11)7-5-9/h5,7-8,11-12H,4,6,9-10,13-14H2,1-3H3;11-12,18H,4-10H2,1-3H3;7H,4-6H2,1-3H3;4-8,11H,3H2,1-2H3. The Labute approximate surface area is 384 Å². The molecule has 4 unspecified atom stereocenters. The molecule has 0 amide bonds. The van der Waals surface area contributed by atoms with E-state index < -0.39 is 39.5 Å². The smallest absolute Gasteiger partial charge is 0.347 e. The van der Waals surface area contributed by atoms with Crippen molar-refractivity contribution < 1.29 is 48.3 Å². The molecule has 4 bridgehead atoms. The monoisotopic (exact) mass is 891 g/mol. The van der Waals surface area contributed by atoms with Crippen LogP contribution in [0.4, 0.5) is 0 Å². The zero-order valence-electron chi connectivity index (χ0n) is 41.2. The number of phenols is 1. The molecule has 6 aliphatic rings. The van der Waals surface area contributed by atoms with Crippen molar-refractivity contribution in [3.8, 4) is 5.75 Å².